The summed E-state index contributed by atoms with van der Waals surface area (Å²) in [6.07, 6.45) is 6.10. The van der Waals surface area contributed by atoms with Gasteiger partial charge in [-0.05, 0) is 63.6 Å². The molecule has 0 spiro atoms. The number of hydrogen-bond donors (Lipinski definition) is 1. The molecule has 1 saturated heterocycles. The maximum atomic E-state index is 12.4. The van der Waals surface area contributed by atoms with Crippen molar-refractivity contribution in [1.29, 1.82) is 0 Å². The number of pyridine rings is 2. The second kappa shape index (κ2) is 11.6. The number of aryl methyl sites for hydroxylation is 2. The Kier molecular flexibility index (Phi) is 8.11. The number of aromatic hydroxyl groups is 1. The number of halogens is 1. The largest absolute Gasteiger partial charge is 0.505 e. The van der Waals surface area contributed by atoms with Gasteiger partial charge in [0.15, 0.2) is 0 Å². The van der Waals surface area contributed by atoms with Crippen LogP contribution in [0.3, 0.4) is 0 Å². The first kappa shape index (κ1) is 28.7. The Labute approximate surface area is 245 Å². The maximum Gasteiger partial charge on any atom is 0.332 e. The maximum absolute atomic E-state index is 12.4. The van der Waals surface area contributed by atoms with Crippen LogP contribution in [0, 0.1) is 6.92 Å². The lowest BCUT2D eigenvalue weighted by molar-refractivity contribution is 0.174. The second-order valence-corrected chi connectivity index (χ2v) is 11.2. The molecule has 1 fully saturated rings. The minimum atomic E-state index is -0.191. The zero-order valence-electron chi connectivity index (χ0n) is 24.4. The number of likely N-dealkylation sites (N-methyl/N-ethyl adjacent to an activating group) is 1. The quantitative estimate of drug-likeness (QED) is 0.305. The molecule has 3 aromatic heterocycles. The summed E-state index contributed by atoms with van der Waals surface area (Å²) >= 11 is 6.64. The van der Waals surface area contributed by atoms with Crippen LogP contribution in [0.4, 0.5) is 5.69 Å². The molecular formula is C31H37ClN6O3. The van der Waals surface area contributed by atoms with Gasteiger partial charge >= 0.3 is 5.69 Å². The fourth-order valence-corrected chi connectivity index (χ4v) is 6.11. The predicted molar refractivity (Wildman–Crippen MR) is 164 cm³/mol. The molecule has 216 valence electrons. The summed E-state index contributed by atoms with van der Waals surface area (Å²) in [5.41, 5.74) is 4.44. The van der Waals surface area contributed by atoms with E-state index >= 15 is 0 Å². The Bertz CT molecular complexity index is 1630. The first-order chi connectivity index (χ1) is 19.6. The van der Waals surface area contributed by atoms with Crippen LogP contribution < -0.4 is 15.3 Å². The third-order valence-corrected chi connectivity index (χ3v) is 8.19. The first-order valence-electron chi connectivity index (χ1n) is 13.9. The molecule has 1 aromatic carbocycles. The van der Waals surface area contributed by atoms with Crippen molar-refractivity contribution in [3.63, 3.8) is 0 Å². The van der Waals surface area contributed by atoms with Gasteiger partial charge in [0.05, 0.1) is 17.8 Å². The Hall–Kier alpha value is -3.82. The van der Waals surface area contributed by atoms with E-state index in [1.165, 1.54) is 9.13 Å². The van der Waals surface area contributed by atoms with E-state index in [4.69, 9.17) is 21.3 Å². The van der Waals surface area contributed by atoms with Crippen LogP contribution in [0.5, 0.6) is 11.6 Å². The third-order valence-electron chi connectivity index (χ3n) is 7.89. The summed E-state index contributed by atoms with van der Waals surface area (Å²) in [6.45, 7) is 11.3. The number of anilines is 1. The van der Waals surface area contributed by atoms with E-state index in [0.29, 0.717) is 51.1 Å². The van der Waals surface area contributed by atoms with E-state index in [-0.39, 0.29) is 11.4 Å². The SMILES string of the molecule is CCN(C(C)C)C1CCN(c2cc(-c3nc(C)cc(-c4ccc(-n5ccn(C)c5=O)c(Cl)c4)c3O)cnc2OC)C1. The number of benzene rings is 1. The van der Waals surface area contributed by atoms with Crippen LogP contribution in [0.25, 0.3) is 28.1 Å². The Morgan fingerprint density at radius 1 is 1.17 bits per heavy atom. The summed E-state index contributed by atoms with van der Waals surface area (Å²) in [7, 11) is 3.32. The summed E-state index contributed by atoms with van der Waals surface area (Å²) in [6, 6.07) is 10.1. The fraction of sp³-hybridized carbons (Fsp3) is 0.387. The normalized spacial score (nSPS) is 15.3. The third kappa shape index (κ3) is 5.44. The van der Waals surface area contributed by atoms with Crippen LogP contribution in [0.15, 0.2) is 53.7 Å². The van der Waals surface area contributed by atoms with Crippen LogP contribution in [0.1, 0.15) is 32.9 Å². The first-order valence-corrected chi connectivity index (χ1v) is 14.3. The van der Waals surface area contributed by atoms with Crippen molar-refractivity contribution in [2.75, 3.05) is 31.6 Å². The molecule has 1 aliphatic rings. The molecule has 1 unspecified atom stereocenters. The summed E-state index contributed by atoms with van der Waals surface area (Å²) in [5, 5.41) is 11.9. The molecule has 4 aromatic rings. The highest BCUT2D eigenvalue weighted by atomic mass is 35.5. The van der Waals surface area contributed by atoms with Gasteiger partial charge in [0, 0.05) is 67.6 Å². The summed E-state index contributed by atoms with van der Waals surface area (Å²) in [4.78, 5) is 26.6. The number of aromatic nitrogens is 4. The van der Waals surface area contributed by atoms with Gasteiger partial charge in [-0.3, -0.25) is 9.47 Å². The van der Waals surface area contributed by atoms with E-state index in [0.717, 1.165) is 37.4 Å². The molecule has 0 amide bonds. The molecular weight excluding hydrogens is 540 g/mol. The summed E-state index contributed by atoms with van der Waals surface area (Å²) < 4.78 is 8.62. The van der Waals surface area contributed by atoms with Crippen molar-refractivity contribution in [2.24, 2.45) is 7.05 Å². The van der Waals surface area contributed by atoms with E-state index in [1.54, 1.807) is 44.9 Å². The van der Waals surface area contributed by atoms with Gasteiger partial charge < -0.3 is 19.3 Å². The number of rotatable bonds is 8. The molecule has 5 rings (SSSR count). The molecule has 41 heavy (non-hydrogen) atoms. The number of imidazole rings is 1. The Balaban J connectivity index is 1.52. The van der Waals surface area contributed by atoms with Gasteiger partial charge in [-0.25, -0.2) is 14.8 Å². The zero-order valence-corrected chi connectivity index (χ0v) is 25.2. The molecule has 1 N–H and O–H groups in total. The average Bonchev–Trinajstić information content (AvgIpc) is 3.56. The highest BCUT2D eigenvalue weighted by Crippen LogP contribution is 2.41. The van der Waals surface area contributed by atoms with Crippen molar-refractivity contribution < 1.29 is 9.84 Å². The monoisotopic (exact) mass is 576 g/mol. The van der Waals surface area contributed by atoms with Crippen LogP contribution in [-0.2, 0) is 7.05 Å². The molecule has 10 heteroatoms. The van der Waals surface area contributed by atoms with Crippen molar-refractivity contribution in [3.05, 3.63) is 70.1 Å². The summed E-state index contributed by atoms with van der Waals surface area (Å²) in [5.74, 6) is 0.582. The molecule has 1 aliphatic heterocycles. The molecule has 0 radical (unpaired) electrons. The van der Waals surface area contributed by atoms with Gasteiger partial charge in [-0.1, -0.05) is 24.6 Å². The minimum Gasteiger partial charge on any atom is -0.505 e. The Morgan fingerprint density at radius 2 is 1.95 bits per heavy atom. The van der Waals surface area contributed by atoms with Crippen molar-refractivity contribution in [1.82, 2.24) is 24.0 Å². The molecule has 1 atom stereocenters. The van der Waals surface area contributed by atoms with Gasteiger partial charge in [0.2, 0.25) is 5.88 Å². The standard InChI is InChI=1S/C31H37ClN6O3/c1-7-37(19(2)3)23-10-11-36(18-23)27-16-22(17-33-30(27)41-6)28-29(39)24(14-20(4)34-28)21-8-9-26(25(32)15-21)38-13-12-35(5)31(38)40/h8-9,12-17,19,23,39H,7,10-11,18H2,1-6H3. The molecule has 0 bridgehead atoms. The smallest absolute Gasteiger partial charge is 0.332 e. The topological polar surface area (TPSA) is 88.7 Å². The van der Waals surface area contributed by atoms with E-state index < -0.39 is 0 Å². The van der Waals surface area contributed by atoms with Gasteiger partial charge in [0.25, 0.3) is 0 Å². The van der Waals surface area contributed by atoms with E-state index in [1.807, 2.05) is 25.1 Å². The lowest BCUT2D eigenvalue weighted by Gasteiger charge is -2.31. The fourth-order valence-electron chi connectivity index (χ4n) is 5.84. The number of hydrogen-bond acceptors (Lipinski definition) is 7. The van der Waals surface area contributed by atoms with Crippen molar-refractivity contribution >= 4 is 17.3 Å². The Morgan fingerprint density at radius 3 is 2.59 bits per heavy atom. The van der Waals surface area contributed by atoms with Crippen molar-refractivity contribution in [2.45, 2.75) is 46.2 Å². The highest BCUT2D eigenvalue weighted by molar-refractivity contribution is 6.32. The predicted octanol–water partition coefficient (Wildman–Crippen LogP) is 5.29. The van der Waals surface area contributed by atoms with E-state index in [9.17, 15) is 9.90 Å². The molecule has 4 heterocycles. The zero-order chi connectivity index (χ0) is 29.4. The highest BCUT2D eigenvalue weighted by Gasteiger charge is 2.30. The van der Waals surface area contributed by atoms with Crippen molar-refractivity contribution in [3.8, 4) is 39.7 Å². The number of methoxy groups -OCH3 is 1. The van der Waals surface area contributed by atoms with Crippen LogP contribution in [-0.4, -0.2) is 67.9 Å². The molecule has 0 saturated carbocycles. The molecule has 0 aliphatic carbocycles. The molecule has 9 nitrogen and oxygen atoms in total. The van der Waals surface area contributed by atoms with E-state index in [2.05, 4.69) is 35.6 Å². The average molecular weight is 577 g/mol. The minimum absolute atomic E-state index is 0.0328. The number of ether oxygens (including phenoxy) is 1. The number of nitrogens with zero attached hydrogens (tertiary/aromatic N) is 6. The van der Waals surface area contributed by atoms with Gasteiger partial charge in [-0.2, -0.15) is 0 Å². The van der Waals surface area contributed by atoms with Crippen LogP contribution in [0.2, 0.25) is 5.02 Å². The lowest BCUT2D eigenvalue weighted by atomic mass is 10.0. The second-order valence-electron chi connectivity index (χ2n) is 10.8. The lowest BCUT2D eigenvalue weighted by Crippen LogP contribution is -2.42. The van der Waals surface area contributed by atoms with Gasteiger partial charge in [0.1, 0.15) is 17.1 Å². The van der Waals surface area contributed by atoms with Gasteiger partial charge in [-0.15, -0.1) is 0 Å². The van der Waals surface area contributed by atoms with Crippen LogP contribution >= 0.6 is 11.6 Å².